The first-order valence-corrected chi connectivity index (χ1v) is 7.22. The normalized spacial score (nSPS) is 17.8. The number of hydrogen-bond donors (Lipinski definition) is 3. The molecule has 1 aromatic rings. The molecule has 1 amide bonds. The Hall–Kier alpha value is -2.46. The van der Waals surface area contributed by atoms with Crippen LogP contribution in [0.1, 0.15) is 6.42 Å². The number of primary sulfonamides is 1. The molecule has 1 aliphatic rings. The number of aliphatic carboxylic acids is 1. The lowest BCUT2D eigenvalue weighted by molar-refractivity contribution is -0.129. The number of nitrogens with two attached hydrogens (primary N) is 1. The highest BCUT2D eigenvalue weighted by molar-refractivity contribution is 7.89. The van der Waals surface area contributed by atoms with Crippen LogP contribution in [0.15, 0.2) is 34.3 Å². The number of carboxylic acid groups (broad SMARTS) is 1. The van der Waals surface area contributed by atoms with Crippen LogP contribution in [0.4, 0.5) is 5.69 Å². The van der Waals surface area contributed by atoms with Crippen molar-refractivity contribution >= 4 is 33.3 Å². The molecule has 0 saturated heterocycles. The molecule has 1 unspecified atom stereocenters. The van der Waals surface area contributed by atoms with Crippen molar-refractivity contribution in [1.29, 1.82) is 0 Å². The molecule has 0 aromatic heterocycles. The van der Waals surface area contributed by atoms with Crippen molar-refractivity contribution in [3.8, 4) is 0 Å². The second-order valence-electron chi connectivity index (χ2n) is 4.20. The number of carbonyl (C=O) groups excluding carboxylic acids is 1. The summed E-state index contributed by atoms with van der Waals surface area (Å²) < 4.78 is 22.2. The van der Waals surface area contributed by atoms with Gasteiger partial charge in [0.2, 0.25) is 16.1 Å². The molecule has 0 fully saturated rings. The summed E-state index contributed by atoms with van der Waals surface area (Å²) in [5.41, 5.74) is 0.0829. The van der Waals surface area contributed by atoms with Crippen molar-refractivity contribution in [3.05, 3.63) is 24.3 Å². The van der Waals surface area contributed by atoms with Crippen LogP contribution < -0.4 is 10.5 Å². The number of anilines is 1. The Bertz CT molecular complexity index is 710. The van der Waals surface area contributed by atoms with Crippen LogP contribution in [-0.4, -0.2) is 37.2 Å². The summed E-state index contributed by atoms with van der Waals surface area (Å²) in [6, 6.07) is 5.18. The maximum Gasteiger partial charge on any atom is 0.353 e. The molecule has 2 rings (SSSR count). The van der Waals surface area contributed by atoms with Crippen molar-refractivity contribution in [3.63, 3.8) is 0 Å². The van der Waals surface area contributed by atoms with E-state index in [0.29, 0.717) is 5.69 Å². The molecule has 10 heteroatoms. The van der Waals surface area contributed by atoms with Gasteiger partial charge in [0, 0.05) is 12.1 Å². The van der Waals surface area contributed by atoms with Gasteiger partial charge < -0.3 is 15.3 Å². The van der Waals surface area contributed by atoms with Gasteiger partial charge in [0.1, 0.15) is 0 Å². The van der Waals surface area contributed by atoms with Gasteiger partial charge in [-0.2, -0.15) is 0 Å². The van der Waals surface area contributed by atoms with Gasteiger partial charge in [0.25, 0.3) is 5.91 Å². The molecule has 112 valence electrons. The quantitative estimate of drug-likeness (QED) is 0.682. The smallest absolute Gasteiger partial charge is 0.353 e. The minimum absolute atomic E-state index is 0.0888. The summed E-state index contributed by atoms with van der Waals surface area (Å²) in [4.78, 5) is 27.1. The van der Waals surface area contributed by atoms with E-state index in [1.54, 1.807) is 0 Å². The summed E-state index contributed by atoms with van der Waals surface area (Å²) in [5, 5.41) is 19.4. The number of hydrogen-bond acceptors (Lipinski definition) is 6. The van der Waals surface area contributed by atoms with Crippen molar-refractivity contribution in [1.82, 2.24) is 0 Å². The molecule has 9 nitrogen and oxygen atoms in total. The third-order valence-corrected chi connectivity index (χ3v) is 3.59. The molecule has 1 heterocycles. The first kappa shape index (κ1) is 14.9. The summed E-state index contributed by atoms with van der Waals surface area (Å²) in [6.07, 6.45) is -1.18. The van der Waals surface area contributed by atoms with Crippen LogP contribution in [-0.2, 0) is 24.4 Å². The van der Waals surface area contributed by atoms with E-state index in [4.69, 9.17) is 15.1 Å². The van der Waals surface area contributed by atoms with Crippen LogP contribution in [0.25, 0.3) is 0 Å². The van der Waals surface area contributed by atoms with Crippen LogP contribution in [0.5, 0.6) is 0 Å². The highest BCUT2D eigenvalue weighted by atomic mass is 32.2. The fourth-order valence-electron chi connectivity index (χ4n) is 1.60. The Balaban J connectivity index is 2.00. The van der Waals surface area contributed by atoms with Crippen molar-refractivity contribution in [2.45, 2.75) is 17.4 Å². The molecule has 1 aromatic carbocycles. The van der Waals surface area contributed by atoms with E-state index in [1.807, 2.05) is 0 Å². The maximum absolute atomic E-state index is 11.8. The number of nitrogens with one attached hydrogen (secondary N) is 1. The fraction of sp³-hybridized carbons (Fsp3) is 0.182. The van der Waals surface area contributed by atoms with Crippen molar-refractivity contribution < 1.29 is 28.0 Å². The molecule has 0 spiro atoms. The van der Waals surface area contributed by atoms with E-state index in [9.17, 15) is 18.0 Å². The number of nitrogens with zero attached hydrogens (tertiary/aromatic N) is 1. The molecule has 0 bridgehead atoms. The zero-order valence-corrected chi connectivity index (χ0v) is 11.3. The van der Waals surface area contributed by atoms with Crippen LogP contribution in [0.2, 0.25) is 0 Å². The molecule has 0 saturated carbocycles. The van der Waals surface area contributed by atoms with Crippen LogP contribution >= 0.6 is 0 Å². The third-order valence-electron chi connectivity index (χ3n) is 2.66. The van der Waals surface area contributed by atoms with Gasteiger partial charge in [-0.1, -0.05) is 5.16 Å². The molecule has 21 heavy (non-hydrogen) atoms. The highest BCUT2D eigenvalue weighted by Gasteiger charge is 2.31. The summed E-state index contributed by atoms with van der Waals surface area (Å²) >= 11 is 0. The van der Waals surface area contributed by atoms with Crippen LogP contribution in [0.3, 0.4) is 0 Å². The summed E-state index contributed by atoms with van der Waals surface area (Å²) in [7, 11) is -3.80. The zero-order valence-electron chi connectivity index (χ0n) is 10.5. The number of sulfonamides is 1. The minimum Gasteiger partial charge on any atom is -0.477 e. The van der Waals surface area contributed by atoms with E-state index >= 15 is 0 Å². The molecule has 0 aliphatic carbocycles. The second kappa shape index (κ2) is 5.50. The standard InChI is InChI=1S/C11H11N3O6S/c12-21(18,19)7-3-1-6(2-4-7)13-10(15)9-5-8(11(16)17)14-20-9/h1-4,9H,5H2,(H,13,15)(H,16,17)(H2,12,18,19). The van der Waals surface area contributed by atoms with Gasteiger partial charge in [-0.05, 0) is 24.3 Å². The number of carbonyl (C=O) groups is 2. The first-order valence-electron chi connectivity index (χ1n) is 5.67. The monoisotopic (exact) mass is 313 g/mol. The average Bonchev–Trinajstić information content (AvgIpc) is 2.88. The third kappa shape index (κ3) is 3.55. The number of carboxylic acids is 1. The Morgan fingerprint density at radius 2 is 1.95 bits per heavy atom. The predicted molar refractivity (Wildman–Crippen MR) is 71.0 cm³/mol. The summed E-state index contributed by atoms with van der Waals surface area (Å²) in [5.74, 6) is -1.83. The van der Waals surface area contributed by atoms with E-state index in [2.05, 4.69) is 10.5 Å². The SMILES string of the molecule is NS(=O)(=O)c1ccc(NC(=O)C2CC(C(=O)O)=NO2)cc1. The van der Waals surface area contributed by atoms with Gasteiger partial charge in [-0.25, -0.2) is 18.4 Å². The minimum atomic E-state index is -3.80. The lowest BCUT2D eigenvalue weighted by Gasteiger charge is -2.09. The highest BCUT2D eigenvalue weighted by Crippen LogP contribution is 2.16. The number of benzene rings is 1. The molecule has 0 radical (unpaired) electrons. The fourth-order valence-corrected chi connectivity index (χ4v) is 2.11. The van der Waals surface area contributed by atoms with E-state index in [1.165, 1.54) is 24.3 Å². The lowest BCUT2D eigenvalue weighted by Crippen LogP contribution is -2.28. The molecular weight excluding hydrogens is 302 g/mol. The Labute approximate surface area is 119 Å². The molecular formula is C11H11N3O6S. The lowest BCUT2D eigenvalue weighted by atomic mass is 10.1. The van der Waals surface area contributed by atoms with Crippen molar-refractivity contribution in [2.24, 2.45) is 10.3 Å². The number of oxime groups is 1. The summed E-state index contributed by atoms with van der Waals surface area (Å²) in [6.45, 7) is 0. The second-order valence-corrected chi connectivity index (χ2v) is 5.76. The molecule has 1 aliphatic heterocycles. The van der Waals surface area contributed by atoms with E-state index in [0.717, 1.165) is 0 Å². The zero-order chi connectivity index (χ0) is 15.6. The Kier molecular flexibility index (Phi) is 3.91. The van der Waals surface area contributed by atoms with Gasteiger partial charge in [-0.15, -0.1) is 0 Å². The van der Waals surface area contributed by atoms with Crippen molar-refractivity contribution in [2.75, 3.05) is 5.32 Å². The van der Waals surface area contributed by atoms with E-state index < -0.39 is 28.0 Å². The van der Waals surface area contributed by atoms with Gasteiger partial charge in [0.15, 0.2) is 5.71 Å². The maximum atomic E-state index is 11.8. The molecule has 4 N–H and O–H groups in total. The molecule has 1 atom stereocenters. The van der Waals surface area contributed by atoms with Crippen LogP contribution in [0, 0.1) is 0 Å². The Morgan fingerprint density at radius 3 is 2.43 bits per heavy atom. The topological polar surface area (TPSA) is 148 Å². The first-order chi connectivity index (χ1) is 9.77. The van der Waals surface area contributed by atoms with Gasteiger partial charge in [-0.3, -0.25) is 4.79 Å². The van der Waals surface area contributed by atoms with E-state index in [-0.39, 0.29) is 17.0 Å². The average molecular weight is 313 g/mol. The Morgan fingerprint density at radius 1 is 1.33 bits per heavy atom. The predicted octanol–water partition coefficient (Wildman–Crippen LogP) is -0.498. The number of rotatable bonds is 4. The number of amides is 1. The van der Waals surface area contributed by atoms with Gasteiger partial charge in [0.05, 0.1) is 4.90 Å². The largest absolute Gasteiger partial charge is 0.477 e. The van der Waals surface area contributed by atoms with Gasteiger partial charge >= 0.3 is 5.97 Å².